The Morgan fingerprint density at radius 2 is 2.15 bits per heavy atom. The van der Waals surface area contributed by atoms with Crippen LogP contribution < -0.4 is 9.71 Å². The highest BCUT2D eigenvalue weighted by Crippen LogP contribution is 2.21. The van der Waals surface area contributed by atoms with Gasteiger partial charge in [-0.3, -0.25) is 0 Å². The van der Waals surface area contributed by atoms with E-state index in [1.54, 1.807) is 23.9 Å². The van der Waals surface area contributed by atoms with Crippen molar-refractivity contribution in [2.75, 3.05) is 6.26 Å². The molecule has 0 bridgehead atoms. The fraction of sp³-hybridized carbons (Fsp3) is 0.286. The van der Waals surface area contributed by atoms with Crippen LogP contribution in [0.5, 0.6) is 0 Å². The normalized spacial score (nSPS) is 11.6. The number of primary sulfonamides is 1. The summed E-state index contributed by atoms with van der Waals surface area (Å²) in [5, 5.41) is 5.05. The Kier molecular flexibility index (Phi) is 2.94. The Morgan fingerprint density at radius 1 is 1.54 bits per heavy atom. The molecule has 1 heterocycles. The highest BCUT2D eigenvalue weighted by atomic mass is 32.2. The van der Waals surface area contributed by atoms with Crippen LogP contribution in [0.4, 0.5) is 0 Å². The van der Waals surface area contributed by atoms with Crippen LogP contribution in [-0.4, -0.2) is 14.7 Å². The lowest BCUT2D eigenvalue weighted by Crippen LogP contribution is -2.29. The van der Waals surface area contributed by atoms with Gasteiger partial charge in [0.1, 0.15) is 7.05 Å². The monoisotopic (exact) mass is 219 g/mol. The van der Waals surface area contributed by atoms with Crippen LogP contribution in [0.15, 0.2) is 28.3 Å². The van der Waals surface area contributed by atoms with E-state index in [4.69, 9.17) is 5.14 Å². The van der Waals surface area contributed by atoms with Gasteiger partial charge in [-0.05, 0) is 6.26 Å². The summed E-state index contributed by atoms with van der Waals surface area (Å²) in [6.07, 6.45) is 5.09. The number of aryl methyl sites for hydroxylation is 1. The number of sulfonamides is 1. The number of pyridine rings is 1. The zero-order valence-electron chi connectivity index (χ0n) is 7.39. The van der Waals surface area contributed by atoms with Crippen LogP contribution in [0.3, 0.4) is 0 Å². The highest BCUT2D eigenvalue weighted by Gasteiger charge is 2.17. The maximum atomic E-state index is 11.1. The van der Waals surface area contributed by atoms with Crippen molar-refractivity contribution in [3.63, 3.8) is 0 Å². The predicted molar refractivity (Wildman–Crippen MR) is 50.8 cm³/mol. The van der Waals surface area contributed by atoms with Gasteiger partial charge in [0.05, 0.1) is 0 Å². The molecule has 0 aromatic carbocycles. The SMILES string of the molecule is CSc1cc[n+](C)cc1S(N)(=O)=O. The van der Waals surface area contributed by atoms with Gasteiger partial charge in [-0.1, -0.05) is 0 Å². The first-order valence-corrected chi connectivity index (χ1v) is 6.28. The van der Waals surface area contributed by atoms with E-state index >= 15 is 0 Å². The molecule has 2 N–H and O–H groups in total. The molecule has 0 aliphatic heterocycles. The molecule has 0 radical (unpaired) electrons. The van der Waals surface area contributed by atoms with Gasteiger partial charge in [-0.25, -0.2) is 18.1 Å². The van der Waals surface area contributed by atoms with E-state index in [-0.39, 0.29) is 4.90 Å². The molecule has 0 spiro atoms. The van der Waals surface area contributed by atoms with Crippen LogP contribution in [0, 0.1) is 0 Å². The van der Waals surface area contributed by atoms with Gasteiger partial charge in [0, 0.05) is 11.0 Å². The second-order valence-electron chi connectivity index (χ2n) is 2.59. The van der Waals surface area contributed by atoms with E-state index in [0.717, 1.165) is 0 Å². The first kappa shape index (κ1) is 10.5. The van der Waals surface area contributed by atoms with E-state index < -0.39 is 10.0 Å². The third-order valence-electron chi connectivity index (χ3n) is 1.55. The Hall–Kier alpha value is -0.590. The summed E-state index contributed by atoms with van der Waals surface area (Å²) in [4.78, 5) is 0.839. The minimum atomic E-state index is -3.61. The number of nitrogens with two attached hydrogens (primary N) is 1. The van der Waals surface area contributed by atoms with Crippen LogP contribution in [-0.2, 0) is 17.1 Å². The van der Waals surface area contributed by atoms with Crippen LogP contribution in [0.25, 0.3) is 0 Å². The molecule has 0 saturated carbocycles. The van der Waals surface area contributed by atoms with Crippen LogP contribution in [0.1, 0.15) is 0 Å². The molecule has 0 amide bonds. The highest BCUT2D eigenvalue weighted by molar-refractivity contribution is 7.99. The first-order valence-electron chi connectivity index (χ1n) is 3.51. The van der Waals surface area contributed by atoms with E-state index in [1.165, 1.54) is 18.0 Å². The quantitative estimate of drug-likeness (QED) is 0.557. The second kappa shape index (κ2) is 3.65. The molecule has 1 aromatic heterocycles. The summed E-state index contributed by atoms with van der Waals surface area (Å²) in [5.74, 6) is 0. The summed E-state index contributed by atoms with van der Waals surface area (Å²) in [6.45, 7) is 0. The van der Waals surface area contributed by atoms with Crippen LogP contribution in [0.2, 0.25) is 0 Å². The molecule has 4 nitrogen and oxygen atoms in total. The molecule has 0 unspecified atom stereocenters. The summed E-state index contributed by atoms with van der Waals surface area (Å²) in [7, 11) is -1.86. The summed E-state index contributed by atoms with van der Waals surface area (Å²) < 4.78 is 23.9. The molecular formula is C7H11N2O2S2+. The van der Waals surface area contributed by atoms with Crippen molar-refractivity contribution in [3.8, 4) is 0 Å². The lowest BCUT2D eigenvalue weighted by atomic mass is 10.5. The van der Waals surface area contributed by atoms with E-state index in [9.17, 15) is 8.42 Å². The molecular weight excluding hydrogens is 208 g/mol. The molecule has 0 aliphatic carbocycles. The molecule has 72 valence electrons. The Bertz CT molecular complexity index is 415. The Labute approximate surface area is 81.8 Å². The number of aromatic nitrogens is 1. The average molecular weight is 219 g/mol. The molecule has 13 heavy (non-hydrogen) atoms. The molecule has 1 rings (SSSR count). The van der Waals surface area contributed by atoms with Crippen molar-refractivity contribution < 1.29 is 13.0 Å². The van der Waals surface area contributed by atoms with Crippen LogP contribution >= 0.6 is 11.8 Å². The van der Waals surface area contributed by atoms with Gasteiger partial charge < -0.3 is 0 Å². The maximum absolute atomic E-state index is 11.1. The zero-order chi connectivity index (χ0) is 10.1. The molecule has 0 fully saturated rings. The summed E-state index contributed by atoms with van der Waals surface area (Å²) >= 11 is 1.36. The maximum Gasteiger partial charge on any atom is 0.245 e. The van der Waals surface area contributed by atoms with Crippen molar-refractivity contribution >= 4 is 21.8 Å². The van der Waals surface area contributed by atoms with Gasteiger partial charge in [0.15, 0.2) is 17.3 Å². The van der Waals surface area contributed by atoms with Gasteiger partial charge in [-0.15, -0.1) is 11.8 Å². The smallest absolute Gasteiger partial charge is 0.224 e. The Morgan fingerprint density at radius 3 is 2.62 bits per heavy atom. The number of hydrogen-bond donors (Lipinski definition) is 1. The third-order valence-corrected chi connectivity index (χ3v) is 3.41. The lowest BCUT2D eigenvalue weighted by Gasteiger charge is -2.01. The third kappa shape index (κ3) is 2.43. The zero-order valence-corrected chi connectivity index (χ0v) is 9.02. The topological polar surface area (TPSA) is 64.0 Å². The van der Waals surface area contributed by atoms with E-state index in [2.05, 4.69) is 0 Å². The van der Waals surface area contributed by atoms with Gasteiger partial charge in [-0.2, -0.15) is 0 Å². The predicted octanol–water partition coefficient (Wildman–Crippen LogP) is -0.120. The van der Waals surface area contributed by atoms with Crippen molar-refractivity contribution in [2.24, 2.45) is 12.2 Å². The lowest BCUT2D eigenvalue weighted by molar-refractivity contribution is -0.673. The van der Waals surface area contributed by atoms with Gasteiger partial charge in [0.25, 0.3) is 0 Å². The minimum absolute atomic E-state index is 0.171. The number of rotatable bonds is 2. The number of hydrogen-bond acceptors (Lipinski definition) is 3. The largest absolute Gasteiger partial charge is 0.245 e. The van der Waals surface area contributed by atoms with Crippen molar-refractivity contribution in [3.05, 3.63) is 18.5 Å². The minimum Gasteiger partial charge on any atom is -0.224 e. The van der Waals surface area contributed by atoms with Crippen molar-refractivity contribution in [1.29, 1.82) is 0 Å². The van der Waals surface area contributed by atoms with Crippen molar-refractivity contribution in [2.45, 2.75) is 9.79 Å². The van der Waals surface area contributed by atoms with E-state index in [0.29, 0.717) is 4.90 Å². The van der Waals surface area contributed by atoms with Gasteiger partial charge in [0.2, 0.25) is 10.0 Å². The number of thioether (sulfide) groups is 1. The molecule has 1 aromatic rings. The second-order valence-corrected chi connectivity index (χ2v) is 4.97. The molecule has 0 saturated heterocycles. The Balaban J connectivity index is 3.41. The van der Waals surface area contributed by atoms with Gasteiger partial charge >= 0.3 is 0 Å². The summed E-state index contributed by atoms with van der Waals surface area (Å²) in [5.41, 5.74) is 0. The number of nitrogens with zero attached hydrogens (tertiary/aromatic N) is 1. The van der Waals surface area contributed by atoms with Crippen molar-refractivity contribution in [1.82, 2.24) is 0 Å². The molecule has 0 atom stereocenters. The first-order chi connectivity index (χ1) is 5.95. The average Bonchev–Trinajstić information content (AvgIpc) is 2.03. The standard InChI is InChI=1S/C7H11N2O2S2/c1-9-4-3-6(12-2)7(5-9)13(8,10)11/h3-5H,1-2H3,(H2,8,10,11)/q+1. The molecule has 6 heteroatoms. The fourth-order valence-corrected chi connectivity index (χ4v) is 2.65. The fourth-order valence-electron chi connectivity index (χ4n) is 0.941. The molecule has 0 aliphatic rings. The summed E-state index contributed by atoms with van der Waals surface area (Å²) in [6, 6.07) is 1.73. The van der Waals surface area contributed by atoms with E-state index in [1.807, 2.05) is 6.26 Å².